The summed E-state index contributed by atoms with van der Waals surface area (Å²) in [7, 11) is 0. The Morgan fingerprint density at radius 3 is 2.62 bits per heavy atom. The third-order valence-corrected chi connectivity index (χ3v) is 3.14. The molecule has 0 unspecified atom stereocenters. The van der Waals surface area contributed by atoms with Crippen molar-refractivity contribution in [3.8, 4) is 11.4 Å². The Bertz CT molecular complexity index is 880. The maximum absolute atomic E-state index is 13.1. The Hall–Kier alpha value is -2.87. The molecule has 0 aliphatic carbocycles. The molecule has 0 spiro atoms. The van der Waals surface area contributed by atoms with Crippen LogP contribution in [0.5, 0.6) is 0 Å². The number of nitrogens with one attached hydrogen (secondary N) is 1. The van der Waals surface area contributed by atoms with Crippen molar-refractivity contribution in [3.63, 3.8) is 0 Å². The molecule has 122 valence electrons. The average Bonchev–Trinajstić information content (AvgIpc) is 3.02. The van der Waals surface area contributed by atoms with E-state index in [1.54, 1.807) is 6.07 Å². The van der Waals surface area contributed by atoms with Crippen LogP contribution in [-0.2, 0) is 6.54 Å². The Balaban J connectivity index is 1.70. The van der Waals surface area contributed by atoms with E-state index in [4.69, 9.17) is 16.0 Å². The Kier molecular flexibility index (Phi) is 4.48. The van der Waals surface area contributed by atoms with E-state index in [0.29, 0.717) is 11.4 Å². The number of amides is 1. The van der Waals surface area contributed by atoms with Crippen molar-refractivity contribution in [1.82, 2.24) is 20.3 Å². The largest absolute Gasteiger partial charge is 0.440 e. The van der Waals surface area contributed by atoms with E-state index in [-0.39, 0.29) is 23.3 Å². The normalized spacial score (nSPS) is 10.6. The summed E-state index contributed by atoms with van der Waals surface area (Å²) in [5.74, 6) is -2.29. The number of hydrogen-bond acceptors (Lipinski definition) is 5. The summed E-state index contributed by atoms with van der Waals surface area (Å²) in [5.41, 5.74) is 0.974. The zero-order valence-corrected chi connectivity index (χ0v) is 12.7. The van der Waals surface area contributed by atoms with Gasteiger partial charge in [0.2, 0.25) is 5.28 Å². The molecular formula is C15H9ClF2N4O2. The highest BCUT2D eigenvalue weighted by Gasteiger charge is 2.15. The fourth-order valence-corrected chi connectivity index (χ4v) is 2.09. The maximum atomic E-state index is 13.1. The van der Waals surface area contributed by atoms with E-state index in [0.717, 1.165) is 18.2 Å². The quantitative estimate of drug-likeness (QED) is 0.731. The SMILES string of the molecule is O=C(NCc1cc(F)cc(F)c1)c1nc(-c2ccnc(Cl)n2)co1. The molecule has 3 rings (SSSR count). The highest BCUT2D eigenvalue weighted by molar-refractivity contribution is 6.28. The molecule has 0 aliphatic heterocycles. The summed E-state index contributed by atoms with van der Waals surface area (Å²) in [6.07, 6.45) is 2.69. The Labute approximate surface area is 139 Å². The molecule has 2 aromatic heterocycles. The molecule has 6 nitrogen and oxygen atoms in total. The highest BCUT2D eigenvalue weighted by atomic mass is 35.5. The van der Waals surface area contributed by atoms with Crippen molar-refractivity contribution in [2.45, 2.75) is 6.54 Å². The molecule has 0 saturated heterocycles. The van der Waals surface area contributed by atoms with Gasteiger partial charge in [0.1, 0.15) is 23.6 Å². The van der Waals surface area contributed by atoms with E-state index in [1.807, 2.05) is 0 Å². The molecule has 0 bridgehead atoms. The monoisotopic (exact) mass is 350 g/mol. The van der Waals surface area contributed by atoms with Crippen molar-refractivity contribution in [2.75, 3.05) is 0 Å². The Morgan fingerprint density at radius 2 is 1.92 bits per heavy atom. The van der Waals surface area contributed by atoms with Gasteiger partial charge in [-0.25, -0.2) is 23.7 Å². The van der Waals surface area contributed by atoms with Crippen molar-refractivity contribution in [2.24, 2.45) is 0 Å². The second-order valence-electron chi connectivity index (χ2n) is 4.71. The van der Waals surface area contributed by atoms with Gasteiger partial charge in [0.15, 0.2) is 0 Å². The van der Waals surface area contributed by atoms with Crippen molar-refractivity contribution >= 4 is 17.5 Å². The minimum Gasteiger partial charge on any atom is -0.440 e. The third kappa shape index (κ3) is 3.72. The summed E-state index contributed by atoms with van der Waals surface area (Å²) in [4.78, 5) is 23.7. The van der Waals surface area contributed by atoms with Gasteiger partial charge in [-0.3, -0.25) is 4.79 Å². The van der Waals surface area contributed by atoms with E-state index in [2.05, 4.69) is 20.3 Å². The molecule has 0 atom stereocenters. The minimum atomic E-state index is -0.724. The van der Waals surface area contributed by atoms with Crippen LogP contribution in [0, 0.1) is 11.6 Å². The van der Waals surface area contributed by atoms with Crippen LogP contribution in [0.4, 0.5) is 8.78 Å². The summed E-state index contributed by atoms with van der Waals surface area (Å²) in [6, 6.07) is 4.54. The lowest BCUT2D eigenvalue weighted by molar-refractivity contribution is 0.0916. The second kappa shape index (κ2) is 6.71. The van der Waals surface area contributed by atoms with Gasteiger partial charge in [-0.15, -0.1) is 0 Å². The Morgan fingerprint density at radius 1 is 1.17 bits per heavy atom. The molecule has 1 N–H and O–H groups in total. The van der Waals surface area contributed by atoms with E-state index in [1.165, 1.54) is 12.5 Å². The van der Waals surface area contributed by atoms with E-state index in [9.17, 15) is 13.6 Å². The molecule has 0 aliphatic rings. The van der Waals surface area contributed by atoms with Crippen LogP contribution < -0.4 is 5.32 Å². The van der Waals surface area contributed by atoms with Gasteiger partial charge >= 0.3 is 5.91 Å². The molecular weight excluding hydrogens is 342 g/mol. The number of halogens is 3. The zero-order valence-electron chi connectivity index (χ0n) is 12.0. The molecule has 3 aromatic rings. The molecule has 1 amide bonds. The lowest BCUT2D eigenvalue weighted by atomic mass is 10.2. The summed E-state index contributed by atoms with van der Waals surface area (Å²) in [5, 5.41) is 2.50. The topological polar surface area (TPSA) is 80.9 Å². The average molecular weight is 351 g/mol. The smallest absolute Gasteiger partial charge is 0.307 e. The van der Waals surface area contributed by atoms with Gasteiger partial charge in [0.25, 0.3) is 5.89 Å². The lowest BCUT2D eigenvalue weighted by Gasteiger charge is -2.03. The number of carbonyl (C=O) groups excluding carboxylic acids is 1. The van der Waals surface area contributed by atoms with Gasteiger partial charge < -0.3 is 9.73 Å². The fourth-order valence-electron chi connectivity index (χ4n) is 1.94. The molecule has 0 radical (unpaired) electrons. The van der Waals surface area contributed by atoms with Crippen molar-refractivity contribution in [3.05, 3.63) is 65.1 Å². The fraction of sp³-hybridized carbons (Fsp3) is 0.0667. The number of aromatic nitrogens is 3. The lowest BCUT2D eigenvalue weighted by Crippen LogP contribution is -2.23. The first-order valence-electron chi connectivity index (χ1n) is 6.69. The molecule has 9 heteroatoms. The molecule has 24 heavy (non-hydrogen) atoms. The zero-order chi connectivity index (χ0) is 17.1. The third-order valence-electron chi connectivity index (χ3n) is 2.96. The predicted molar refractivity (Wildman–Crippen MR) is 80.1 cm³/mol. The standard InChI is InChI=1S/C15H9ClF2N4O2/c16-15-19-2-1-11(22-15)12-7-24-14(21-12)13(23)20-6-8-3-9(17)5-10(18)4-8/h1-5,7H,6H2,(H,20,23). The summed E-state index contributed by atoms with van der Waals surface area (Å²) in [6.45, 7) is -0.0788. The predicted octanol–water partition coefficient (Wildman–Crippen LogP) is 2.99. The number of oxazole rings is 1. The minimum absolute atomic E-state index is 0.0367. The number of rotatable bonds is 4. The van der Waals surface area contributed by atoms with Crippen molar-refractivity contribution < 1.29 is 18.0 Å². The van der Waals surface area contributed by atoms with Gasteiger partial charge in [-0.2, -0.15) is 0 Å². The van der Waals surface area contributed by atoms with Crippen LogP contribution >= 0.6 is 11.6 Å². The number of carbonyl (C=O) groups is 1. The number of hydrogen-bond donors (Lipinski definition) is 1. The maximum Gasteiger partial charge on any atom is 0.307 e. The summed E-state index contributed by atoms with van der Waals surface area (Å²) >= 11 is 5.69. The highest BCUT2D eigenvalue weighted by Crippen LogP contribution is 2.17. The van der Waals surface area contributed by atoms with Gasteiger partial charge in [0, 0.05) is 18.8 Å². The molecule has 1 aromatic carbocycles. The van der Waals surface area contributed by atoms with Crippen molar-refractivity contribution in [1.29, 1.82) is 0 Å². The van der Waals surface area contributed by atoms with E-state index < -0.39 is 17.5 Å². The van der Waals surface area contributed by atoms with Gasteiger partial charge in [0.05, 0.1) is 5.69 Å². The number of nitrogens with zero attached hydrogens (tertiary/aromatic N) is 3. The van der Waals surface area contributed by atoms with Gasteiger partial charge in [-0.05, 0) is 35.4 Å². The van der Waals surface area contributed by atoms with Crippen LogP contribution in [0.25, 0.3) is 11.4 Å². The molecule has 0 fully saturated rings. The van der Waals surface area contributed by atoms with Crippen LogP contribution in [0.1, 0.15) is 16.2 Å². The first-order chi connectivity index (χ1) is 11.5. The van der Waals surface area contributed by atoms with Gasteiger partial charge in [-0.1, -0.05) is 0 Å². The second-order valence-corrected chi connectivity index (χ2v) is 5.05. The van der Waals surface area contributed by atoms with Crippen LogP contribution in [0.2, 0.25) is 5.28 Å². The van der Waals surface area contributed by atoms with Crippen LogP contribution in [-0.4, -0.2) is 20.9 Å². The summed E-state index contributed by atoms with van der Waals surface area (Å²) < 4.78 is 31.3. The van der Waals surface area contributed by atoms with Crippen LogP contribution in [0.3, 0.4) is 0 Å². The molecule has 2 heterocycles. The van der Waals surface area contributed by atoms with E-state index >= 15 is 0 Å². The first kappa shape index (κ1) is 16.0. The van der Waals surface area contributed by atoms with Crippen LogP contribution in [0.15, 0.2) is 41.1 Å². The molecule has 0 saturated carbocycles. The first-order valence-corrected chi connectivity index (χ1v) is 7.06. The number of benzene rings is 1.